The van der Waals surface area contributed by atoms with Gasteiger partial charge in [-0.1, -0.05) is 30.3 Å². The van der Waals surface area contributed by atoms with Crippen molar-refractivity contribution in [2.75, 3.05) is 18.7 Å². The first-order valence-corrected chi connectivity index (χ1v) is 8.00. The number of carbonyl (C=O) groups excluding carboxylic acids is 1. The summed E-state index contributed by atoms with van der Waals surface area (Å²) in [5.74, 6) is 0.137. The van der Waals surface area contributed by atoms with E-state index in [0.29, 0.717) is 11.3 Å². The Morgan fingerprint density at radius 1 is 1.12 bits per heavy atom. The first kappa shape index (κ1) is 17.5. The number of rotatable bonds is 7. The molecule has 0 fully saturated rings. The largest absolute Gasteiger partial charge is 0.491 e. The van der Waals surface area contributed by atoms with Gasteiger partial charge in [-0.15, -0.1) is 0 Å². The highest BCUT2D eigenvalue weighted by Crippen LogP contribution is 2.34. The lowest BCUT2D eigenvalue weighted by molar-refractivity contribution is 0.100. The minimum absolute atomic E-state index is 0.0704. The number of nitrogens with two attached hydrogens (primary N) is 1. The molecule has 7 nitrogen and oxygen atoms in total. The number of primary amides is 1. The van der Waals surface area contributed by atoms with E-state index < -0.39 is 5.91 Å². The molecule has 0 spiro atoms. The molecule has 1 amide bonds. The molecule has 7 heteroatoms. The average molecular weight is 353 g/mol. The molecule has 0 radical (unpaired) electrons. The molecule has 0 saturated carbocycles. The highest BCUT2D eigenvalue weighted by Gasteiger charge is 2.22. The molecule has 3 aromatic rings. The highest BCUT2D eigenvalue weighted by atomic mass is 16.5. The summed E-state index contributed by atoms with van der Waals surface area (Å²) in [6, 6.07) is 16.3. The van der Waals surface area contributed by atoms with E-state index in [1.54, 1.807) is 35.0 Å². The Kier molecular flexibility index (Phi) is 5.21. The summed E-state index contributed by atoms with van der Waals surface area (Å²) in [6.45, 7) is 0.133. The molecule has 0 atom stereocenters. The normalized spacial score (nSPS) is 10.5. The van der Waals surface area contributed by atoms with Crippen molar-refractivity contribution >= 4 is 11.7 Å². The fraction of sp³-hybridized carbons (Fsp3) is 0.105. The number of amides is 1. The maximum atomic E-state index is 12.0. The third-order valence-electron chi connectivity index (χ3n) is 3.92. The van der Waals surface area contributed by atoms with Crippen LogP contribution in [0.3, 0.4) is 0 Å². The van der Waals surface area contributed by atoms with Gasteiger partial charge < -0.3 is 20.1 Å². The van der Waals surface area contributed by atoms with E-state index in [4.69, 9.17) is 15.6 Å². The second-order valence-corrected chi connectivity index (χ2v) is 5.54. The van der Waals surface area contributed by atoms with Crippen LogP contribution in [0.15, 0.2) is 60.8 Å². The van der Waals surface area contributed by atoms with Gasteiger partial charge in [-0.2, -0.15) is 0 Å². The number of nitrogens with one attached hydrogen (secondary N) is 1. The van der Waals surface area contributed by atoms with Gasteiger partial charge >= 0.3 is 0 Å². The second kappa shape index (κ2) is 7.73. The SMILES string of the molecule is NC(=O)c1c(-c2ccc(OCCO)cc2)cn(-c2ccccc2)c1NO. The predicted octanol–water partition coefficient (Wildman–Crippen LogP) is 2.42. The van der Waals surface area contributed by atoms with Crippen LogP contribution in [0.1, 0.15) is 10.4 Å². The van der Waals surface area contributed by atoms with Crippen LogP contribution in [0.25, 0.3) is 16.8 Å². The molecule has 0 aliphatic carbocycles. The van der Waals surface area contributed by atoms with Crippen molar-refractivity contribution in [2.45, 2.75) is 0 Å². The highest BCUT2D eigenvalue weighted by molar-refractivity contribution is 6.05. The van der Waals surface area contributed by atoms with Gasteiger partial charge in [0.15, 0.2) is 0 Å². The van der Waals surface area contributed by atoms with E-state index in [0.717, 1.165) is 11.3 Å². The van der Waals surface area contributed by atoms with Crippen molar-refractivity contribution in [3.05, 3.63) is 66.4 Å². The number of aliphatic hydroxyl groups is 1. The minimum atomic E-state index is -0.660. The first-order chi connectivity index (χ1) is 12.7. The van der Waals surface area contributed by atoms with Crippen LogP contribution >= 0.6 is 0 Å². The Morgan fingerprint density at radius 2 is 1.81 bits per heavy atom. The molecule has 134 valence electrons. The van der Waals surface area contributed by atoms with Crippen molar-refractivity contribution in [2.24, 2.45) is 5.73 Å². The van der Waals surface area contributed by atoms with Crippen LogP contribution in [0, 0.1) is 0 Å². The third kappa shape index (κ3) is 3.39. The molecular formula is C19H19N3O4. The van der Waals surface area contributed by atoms with Crippen LogP contribution in [-0.2, 0) is 0 Å². The molecule has 26 heavy (non-hydrogen) atoms. The maximum absolute atomic E-state index is 12.0. The Balaban J connectivity index is 2.09. The van der Waals surface area contributed by atoms with Gasteiger partial charge in [0, 0.05) is 17.4 Å². The van der Waals surface area contributed by atoms with Crippen molar-refractivity contribution in [3.8, 4) is 22.6 Å². The number of ether oxygens (including phenoxy) is 1. The molecule has 0 aliphatic rings. The summed E-state index contributed by atoms with van der Waals surface area (Å²) in [7, 11) is 0. The molecule has 0 saturated heterocycles. The van der Waals surface area contributed by atoms with Gasteiger partial charge in [0.25, 0.3) is 5.91 Å². The molecule has 3 rings (SSSR count). The number of hydrogen-bond acceptors (Lipinski definition) is 5. The lowest BCUT2D eigenvalue weighted by Gasteiger charge is -2.08. The van der Waals surface area contributed by atoms with Crippen LogP contribution in [0.4, 0.5) is 5.82 Å². The Bertz CT molecular complexity index is 889. The summed E-state index contributed by atoms with van der Waals surface area (Å²) in [5.41, 5.74) is 9.90. The van der Waals surface area contributed by atoms with Gasteiger partial charge in [-0.25, -0.2) is 0 Å². The standard InChI is InChI=1S/C19H19N3O4/c20-18(24)17-16(13-6-8-15(9-7-13)26-11-10-23)12-22(19(17)21-25)14-4-2-1-3-5-14/h1-9,12,21,23,25H,10-11H2,(H2,20,24). The van der Waals surface area contributed by atoms with E-state index in [2.05, 4.69) is 5.48 Å². The third-order valence-corrected chi connectivity index (χ3v) is 3.92. The summed E-state index contributed by atoms with van der Waals surface area (Å²) in [4.78, 5) is 12.0. The summed E-state index contributed by atoms with van der Waals surface area (Å²) in [6.07, 6.45) is 1.73. The quantitative estimate of drug-likeness (QED) is 0.488. The van der Waals surface area contributed by atoms with Crippen molar-refractivity contribution in [1.29, 1.82) is 0 Å². The zero-order chi connectivity index (χ0) is 18.5. The first-order valence-electron chi connectivity index (χ1n) is 8.00. The number of hydrogen-bond donors (Lipinski definition) is 4. The fourth-order valence-corrected chi connectivity index (χ4v) is 2.77. The Hall–Kier alpha value is -3.29. The van der Waals surface area contributed by atoms with Gasteiger partial charge in [-0.3, -0.25) is 15.5 Å². The monoisotopic (exact) mass is 353 g/mol. The number of anilines is 1. The summed E-state index contributed by atoms with van der Waals surface area (Å²) in [5, 5.41) is 18.4. The van der Waals surface area contributed by atoms with Gasteiger partial charge in [-0.05, 0) is 29.8 Å². The molecule has 1 heterocycles. The van der Waals surface area contributed by atoms with E-state index in [-0.39, 0.29) is 24.6 Å². The Morgan fingerprint density at radius 3 is 2.38 bits per heavy atom. The average Bonchev–Trinajstić information content (AvgIpc) is 3.07. The fourth-order valence-electron chi connectivity index (χ4n) is 2.77. The lowest BCUT2D eigenvalue weighted by atomic mass is 10.0. The number of aromatic nitrogens is 1. The minimum Gasteiger partial charge on any atom is -0.491 e. The second-order valence-electron chi connectivity index (χ2n) is 5.54. The molecule has 0 unspecified atom stereocenters. The maximum Gasteiger partial charge on any atom is 0.253 e. The van der Waals surface area contributed by atoms with Gasteiger partial charge in [0.2, 0.25) is 0 Å². The molecular weight excluding hydrogens is 334 g/mol. The van der Waals surface area contributed by atoms with Gasteiger partial charge in [0.1, 0.15) is 18.2 Å². The van der Waals surface area contributed by atoms with Crippen LogP contribution < -0.4 is 16.0 Å². The predicted molar refractivity (Wildman–Crippen MR) is 97.7 cm³/mol. The van der Waals surface area contributed by atoms with E-state index in [1.807, 2.05) is 30.3 Å². The van der Waals surface area contributed by atoms with Crippen LogP contribution in [0.5, 0.6) is 5.75 Å². The zero-order valence-electron chi connectivity index (χ0n) is 13.9. The number of para-hydroxylation sites is 1. The van der Waals surface area contributed by atoms with Crippen molar-refractivity contribution < 1.29 is 19.8 Å². The van der Waals surface area contributed by atoms with Gasteiger partial charge in [0.05, 0.1) is 12.2 Å². The lowest BCUT2D eigenvalue weighted by Crippen LogP contribution is -2.14. The summed E-state index contributed by atoms with van der Waals surface area (Å²) >= 11 is 0. The molecule has 2 aromatic carbocycles. The molecule has 0 aliphatic heterocycles. The van der Waals surface area contributed by atoms with Crippen LogP contribution in [0.2, 0.25) is 0 Å². The van der Waals surface area contributed by atoms with E-state index in [9.17, 15) is 10.0 Å². The molecule has 1 aromatic heterocycles. The van der Waals surface area contributed by atoms with Crippen molar-refractivity contribution in [3.63, 3.8) is 0 Å². The van der Waals surface area contributed by atoms with Crippen molar-refractivity contribution in [1.82, 2.24) is 4.57 Å². The number of benzene rings is 2. The van der Waals surface area contributed by atoms with E-state index >= 15 is 0 Å². The van der Waals surface area contributed by atoms with Crippen LogP contribution in [-0.4, -0.2) is 34.0 Å². The number of nitrogens with zero attached hydrogens (tertiary/aromatic N) is 1. The molecule has 0 bridgehead atoms. The number of aliphatic hydroxyl groups excluding tert-OH is 1. The number of carbonyl (C=O) groups is 1. The van der Waals surface area contributed by atoms with E-state index in [1.165, 1.54) is 0 Å². The molecule has 5 N–H and O–H groups in total. The smallest absolute Gasteiger partial charge is 0.253 e. The summed E-state index contributed by atoms with van der Waals surface area (Å²) < 4.78 is 7.00. The Labute approximate surface area is 150 Å². The zero-order valence-corrected chi connectivity index (χ0v) is 13.9. The topological polar surface area (TPSA) is 110 Å².